The predicted molar refractivity (Wildman–Crippen MR) is 135 cm³/mol. The number of ketones is 2. The van der Waals surface area contributed by atoms with Gasteiger partial charge in [-0.1, -0.05) is 54.6 Å². The highest BCUT2D eigenvalue weighted by molar-refractivity contribution is 7.92. The second kappa shape index (κ2) is 9.72. The number of anilines is 2. The SMILES string of the molecule is CC(=O)c1cccc(NS(=O)(=O)c2ccc(N/C=C/C(=O)c3cccc4ccccc34)cc2)c1. The van der Waals surface area contributed by atoms with Gasteiger partial charge in [0.15, 0.2) is 11.6 Å². The highest BCUT2D eigenvalue weighted by atomic mass is 32.2. The maximum atomic E-state index is 12.7. The molecular weight excluding hydrogens is 448 g/mol. The molecule has 7 heteroatoms. The fourth-order valence-electron chi connectivity index (χ4n) is 3.49. The molecular formula is C27H22N2O4S. The van der Waals surface area contributed by atoms with Crippen LogP contribution in [-0.4, -0.2) is 20.0 Å². The fraction of sp³-hybridized carbons (Fsp3) is 0.0370. The molecule has 170 valence electrons. The summed E-state index contributed by atoms with van der Waals surface area (Å²) in [6, 6.07) is 25.7. The molecule has 0 aromatic heterocycles. The second-order valence-corrected chi connectivity index (χ2v) is 9.32. The lowest BCUT2D eigenvalue weighted by atomic mass is 10.0. The van der Waals surface area contributed by atoms with E-state index in [1.807, 2.05) is 36.4 Å². The summed E-state index contributed by atoms with van der Waals surface area (Å²) in [5.74, 6) is -0.288. The Morgan fingerprint density at radius 3 is 2.26 bits per heavy atom. The molecule has 0 fully saturated rings. The summed E-state index contributed by atoms with van der Waals surface area (Å²) in [6.07, 6.45) is 2.97. The lowest BCUT2D eigenvalue weighted by molar-refractivity contribution is 0.101. The van der Waals surface area contributed by atoms with E-state index in [-0.39, 0.29) is 16.5 Å². The molecule has 6 nitrogen and oxygen atoms in total. The van der Waals surface area contributed by atoms with Gasteiger partial charge in [0, 0.05) is 34.8 Å². The molecule has 4 aromatic carbocycles. The molecule has 0 saturated heterocycles. The average molecular weight is 471 g/mol. The van der Waals surface area contributed by atoms with E-state index in [4.69, 9.17) is 0 Å². The highest BCUT2D eigenvalue weighted by Crippen LogP contribution is 2.21. The van der Waals surface area contributed by atoms with Gasteiger partial charge < -0.3 is 5.32 Å². The van der Waals surface area contributed by atoms with Crippen LogP contribution in [0.25, 0.3) is 10.8 Å². The number of allylic oxidation sites excluding steroid dienone is 1. The van der Waals surface area contributed by atoms with Crippen molar-refractivity contribution < 1.29 is 18.0 Å². The van der Waals surface area contributed by atoms with Crippen LogP contribution in [0, 0.1) is 0 Å². The Hall–Kier alpha value is -4.23. The molecule has 0 unspecified atom stereocenters. The number of hydrogen-bond donors (Lipinski definition) is 2. The van der Waals surface area contributed by atoms with Crippen LogP contribution in [0.4, 0.5) is 11.4 Å². The van der Waals surface area contributed by atoms with E-state index in [9.17, 15) is 18.0 Å². The van der Waals surface area contributed by atoms with Crippen molar-refractivity contribution in [2.75, 3.05) is 10.0 Å². The number of Topliss-reactive ketones (excluding diaryl/α,β-unsaturated/α-hetero) is 1. The molecule has 0 spiro atoms. The minimum atomic E-state index is -3.82. The normalized spacial score (nSPS) is 11.4. The maximum absolute atomic E-state index is 12.7. The van der Waals surface area contributed by atoms with Gasteiger partial charge in [-0.2, -0.15) is 0 Å². The van der Waals surface area contributed by atoms with E-state index in [2.05, 4.69) is 10.0 Å². The van der Waals surface area contributed by atoms with Gasteiger partial charge in [-0.05, 0) is 54.1 Å². The van der Waals surface area contributed by atoms with E-state index in [1.54, 1.807) is 36.4 Å². The number of nitrogens with one attached hydrogen (secondary N) is 2. The summed E-state index contributed by atoms with van der Waals surface area (Å²) in [5, 5.41) is 4.87. The maximum Gasteiger partial charge on any atom is 0.261 e. The average Bonchev–Trinajstić information content (AvgIpc) is 2.84. The number of fused-ring (bicyclic) bond motifs is 1. The van der Waals surface area contributed by atoms with Gasteiger partial charge in [0.25, 0.3) is 10.0 Å². The Bertz CT molecular complexity index is 1500. The van der Waals surface area contributed by atoms with E-state index in [0.29, 0.717) is 22.5 Å². The zero-order valence-corrected chi connectivity index (χ0v) is 19.2. The highest BCUT2D eigenvalue weighted by Gasteiger charge is 2.14. The van der Waals surface area contributed by atoms with Gasteiger partial charge in [0.2, 0.25) is 0 Å². The van der Waals surface area contributed by atoms with Crippen molar-refractivity contribution in [1.29, 1.82) is 0 Å². The second-order valence-electron chi connectivity index (χ2n) is 7.64. The molecule has 34 heavy (non-hydrogen) atoms. The molecule has 0 bridgehead atoms. The topological polar surface area (TPSA) is 92.3 Å². The zero-order chi connectivity index (χ0) is 24.1. The third-order valence-electron chi connectivity index (χ3n) is 5.23. The lowest BCUT2D eigenvalue weighted by Gasteiger charge is -2.10. The van der Waals surface area contributed by atoms with Gasteiger partial charge in [0.1, 0.15) is 0 Å². The molecule has 4 aromatic rings. The summed E-state index contributed by atoms with van der Waals surface area (Å²) >= 11 is 0. The summed E-state index contributed by atoms with van der Waals surface area (Å²) < 4.78 is 27.9. The third kappa shape index (κ3) is 5.22. The Morgan fingerprint density at radius 1 is 0.794 bits per heavy atom. The van der Waals surface area contributed by atoms with Gasteiger partial charge in [-0.15, -0.1) is 0 Å². The van der Waals surface area contributed by atoms with Crippen LogP contribution in [0.15, 0.2) is 108 Å². The van der Waals surface area contributed by atoms with Crippen LogP contribution in [0.1, 0.15) is 27.6 Å². The number of carbonyl (C=O) groups is 2. The van der Waals surface area contributed by atoms with Gasteiger partial charge in [-0.25, -0.2) is 8.42 Å². The van der Waals surface area contributed by atoms with Crippen molar-refractivity contribution >= 4 is 43.7 Å². The first-order chi connectivity index (χ1) is 16.3. The first kappa shape index (κ1) is 22.9. The van der Waals surface area contributed by atoms with Crippen molar-refractivity contribution in [2.45, 2.75) is 11.8 Å². The van der Waals surface area contributed by atoms with E-state index in [0.717, 1.165) is 10.8 Å². The Balaban J connectivity index is 1.43. The van der Waals surface area contributed by atoms with Crippen LogP contribution in [0.3, 0.4) is 0 Å². The molecule has 0 heterocycles. The molecule has 0 aliphatic carbocycles. The van der Waals surface area contributed by atoms with Crippen molar-refractivity contribution in [3.63, 3.8) is 0 Å². The number of hydrogen-bond acceptors (Lipinski definition) is 5. The minimum absolute atomic E-state index is 0.0714. The molecule has 4 rings (SSSR count). The minimum Gasteiger partial charge on any atom is -0.362 e. The number of carbonyl (C=O) groups excluding carboxylic acids is 2. The quantitative estimate of drug-likeness (QED) is 0.256. The van der Waals surface area contributed by atoms with E-state index >= 15 is 0 Å². The monoisotopic (exact) mass is 470 g/mol. The first-order valence-corrected chi connectivity index (χ1v) is 12.0. The van der Waals surface area contributed by atoms with E-state index < -0.39 is 10.0 Å². The molecule has 0 saturated carbocycles. The van der Waals surface area contributed by atoms with Gasteiger partial charge in [0.05, 0.1) is 4.90 Å². The third-order valence-corrected chi connectivity index (χ3v) is 6.62. The lowest BCUT2D eigenvalue weighted by Crippen LogP contribution is -2.13. The van der Waals surface area contributed by atoms with Crippen LogP contribution in [-0.2, 0) is 10.0 Å². The zero-order valence-electron chi connectivity index (χ0n) is 18.4. The molecule has 0 atom stereocenters. The first-order valence-electron chi connectivity index (χ1n) is 10.5. The van der Waals surface area contributed by atoms with Gasteiger partial charge in [-0.3, -0.25) is 14.3 Å². The smallest absolute Gasteiger partial charge is 0.261 e. The van der Waals surface area contributed by atoms with Crippen LogP contribution >= 0.6 is 0 Å². The Kier molecular flexibility index (Phi) is 6.56. The summed E-state index contributed by atoms with van der Waals surface area (Å²) in [5.41, 5.74) is 1.96. The van der Waals surface area contributed by atoms with Gasteiger partial charge >= 0.3 is 0 Å². The summed E-state index contributed by atoms with van der Waals surface area (Å²) in [4.78, 5) is 24.2. The van der Waals surface area contributed by atoms with Crippen molar-refractivity contribution in [3.05, 3.63) is 114 Å². The Labute approximate surface area is 198 Å². The molecule has 0 aliphatic rings. The van der Waals surface area contributed by atoms with Crippen molar-refractivity contribution in [3.8, 4) is 0 Å². The molecule has 2 N–H and O–H groups in total. The number of rotatable bonds is 8. The molecule has 0 radical (unpaired) electrons. The Morgan fingerprint density at radius 2 is 1.50 bits per heavy atom. The predicted octanol–water partition coefficient (Wildman–Crippen LogP) is 5.65. The van der Waals surface area contributed by atoms with E-state index in [1.165, 1.54) is 37.4 Å². The number of benzene rings is 4. The standard InChI is InChI=1S/C27H22N2O4S/c1-19(30)21-8-4-9-23(18-21)29-34(32,33)24-14-12-22(13-15-24)28-17-16-27(31)26-11-5-7-20-6-2-3-10-25(20)26/h2-18,28-29H,1H3/b17-16+. The van der Waals surface area contributed by atoms with Crippen molar-refractivity contribution in [2.24, 2.45) is 0 Å². The van der Waals surface area contributed by atoms with Crippen LogP contribution < -0.4 is 10.0 Å². The summed E-state index contributed by atoms with van der Waals surface area (Å²) in [6.45, 7) is 1.42. The largest absolute Gasteiger partial charge is 0.362 e. The van der Waals surface area contributed by atoms with Crippen molar-refractivity contribution in [1.82, 2.24) is 0 Å². The summed E-state index contributed by atoms with van der Waals surface area (Å²) in [7, 11) is -3.82. The van der Waals surface area contributed by atoms with Crippen LogP contribution in [0.2, 0.25) is 0 Å². The molecule has 0 aliphatic heterocycles. The molecule has 0 amide bonds. The number of sulfonamides is 1. The fourth-order valence-corrected chi connectivity index (χ4v) is 4.54. The van der Waals surface area contributed by atoms with Crippen LogP contribution in [0.5, 0.6) is 0 Å².